The Morgan fingerprint density at radius 1 is 1.10 bits per heavy atom. The van der Waals surface area contributed by atoms with E-state index in [0.29, 0.717) is 43.1 Å². The van der Waals surface area contributed by atoms with Gasteiger partial charge in [-0.25, -0.2) is 4.98 Å². The normalized spacial score (nSPS) is 21.1. The Morgan fingerprint density at radius 2 is 1.87 bits per heavy atom. The molecule has 0 spiro atoms. The third-order valence-electron chi connectivity index (χ3n) is 6.15. The van der Waals surface area contributed by atoms with Crippen LogP contribution in [0.3, 0.4) is 0 Å². The van der Waals surface area contributed by atoms with E-state index in [-0.39, 0.29) is 23.7 Å². The highest BCUT2D eigenvalue weighted by molar-refractivity contribution is 5.98. The first-order valence-corrected chi connectivity index (χ1v) is 10.1. The van der Waals surface area contributed by atoms with Crippen LogP contribution in [-0.2, 0) is 6.18 Å². The van der Waals surface area contributed by atoms with Crippen molar-refractivity contribution in [2.24, 2.45) is 5.92 Å². The molecule has 4 rings (SSSR count). The fraction of sp³-hybridized carbons (Fsp3) is 0.455. The molecule has 0 bridgehead atoms. The topological polar surface area (TPSA) is 54.9 Å². The number of aromatic nitrogens is 1. The van der Waals surface area contributed by atoms with Crippen molar-refractivity contribution >= 4 is 11.7 Å². The van der Waals surface area contributed by atoms with Gasteiger partial charge in [0.15, 0.2) is 11.5 Å². The van der Waals surface area contributed by atoms with Gasteiger partial charge >= 0.3 is 6.18 Å². The highest BCUT2D eigenvalue weighted by Crippen LogP contribution is 2.40. The Balaban J connectivity index is 1.61. The molecule has 3 heterocycles. The molecule has 166 valence electrons. The summed E-state index contributed by atoms with van der Waals surface area (Å²) in [6.45, 7) is 1.34. The highest BCUT2D eigenvalue weighted by atomic mass is 19.4. The van der Waals surface area contributed by atoms with Crippen LogP contribution < -0.4 is 14.4 Å². The molecule has 0 saturated carbocycles. The molecule has 2 aromatic rings. The van der Waals surface area contributed by atoms with Crippen LogP contribution in [0.2, 0.25) is 0 Å². The number of hydrogen-bond acceptors (Lipinski definition) is 5. The zero-order valence-electron chi connectivity index (χ0n) is 17.4. The second-order valence-electron chi connectivity index (χ2n) is 7.76. The molecule has 0 N–H and O–H groups in total. The van der Waals surface area contributed by atoms with E-state index in [0.717, 1.165) is 12.5 Å². The first-order chi connectivity index (χ1) is 14.8. The molecular formula is C22H24F3N3O3. The average molecular weight is 435 g/mol. The molecular weight excluding hydrogens is 411 g/mol. The standard InChI is InChI=1S/C22H24F3N3O3/c1-30-18-7-3-5-15(19(18)31-2)21(29)28-12-9-14-8-11-27(13-17(14)28)20-16(22(23,24)25)6-4-10-26-20/h3-7,10,14,17H,8-9,11-13H2,1-2H3. The number of fused-ring (bicyclic) bond motifs is 1. The second-order valence-corrected chi connectivity index (χ2v) is 7.76. The van der Waals surface area contributed by atoms with Gasteiger partial charge < -0.3 is 19.3 Å². The lowest BCUT2D eigenvalue weighted by molar-refractivity contribution is -0.137. The van der Waals surface area contributed by atoms with Gasteiger partial charge in [0.2, 0.25) is 0 Å². The monoisotopic (exact) mass is 435 g/mol. The fourth-order valence-corrected chi connectivity index (χ4v) is 4.67. The number of anilines is 1. The molecule has 2 aliphatic heterocycles. The lowest BCUT2D eigenvalue weighted by atomic mass is 9.91. The third-order valence-corrected chi connectivity index (χ3v) is 6.15. The molecule has 31 heavy (non-hydrogen) atoms. The number of pyridine rings is 1. The van der Waals surface area contributed by atoms with E-state index in [2.05, 4.69) is 4.98 Å². The van der Waals surface area contributed by atoms with Crippen LogP contribution >= 0.6 is 0 Å². The smallest absolute Gasteiger partial charge is 0.419 e. The lowest BCUT2D eigenvalue weighted by Crippen LogP contribution is -2.50. The van der Waals surface area contributed by atoms with Gasteiger partial charge in [0.25, 0.3) is 5.91 Å². The number of likely N-dealkylation sites (tertiary alicyclic amines) is 1. The van der Waals surface area contributed by atoms with Gasteiger partial charge in [0.1, 0.15) is 5.82 Å². The summed E-state index contributed by atoms with van der Waals surface area (Å²) >= 11 is 0. The van der Waals surface area contributed by atoms with Crippen molar-refractivity contribution in [1.82, 2.24) is 9.88 Å². The maximum atomic E-state index is 13.5. The number of carbonyl (C=O) groups is 1. The minimum atomic E-state index is -4.49. The molecule has 6 nitrogen and oxygen atoms in total. The van der Waals surface area contributed by atoms with E-state index in [1.165, 1.54) is 26.5 Å². The van der Waals surface area contributed by atoms with E-state index in [1.54, 1.807) is 28.0 Å². The van der Waals surface area contributed by atoms with E-state index >= 15 is 0 Å². The predicted octanol–water partition coefficient (Wildman–Crippen LogP) is 3.86. The number of methoxy groups -OCH3 is 2. The Labute approximate surface area is 178 Å². The van der Waals surface area contributed by atoms with Crippen LogP contribution in [0.1, 0.15) is 28.8 Å². The van der Waals surface area contributed by atoms with Crippen LogP contribution in [0.25, 0.3) is 0 Å². The number of rotatable bonds is 4. The number of halogens is 3. The molecule has 0 radical (unpaired) electrons. The Morgan fingerprint density at radius 3 is 2.58 bits per heavy atom. The van der Waals surface area contributed by atoms with Crippen LogP contribution in [0, 0.1) is 5.92 Å². The molecule has 1 amide bonds. The van der Waals surface area contributed by atoms with Crippen LogP contribution in [0.15, 0.2) is 36.5 Å². The maximum Gasteiger partial charge on any atom is 0.419 e. The molecule has 2 unspecified atom stereocenters. The van der Waals surface area contributed by atoms with Gasteiger partial charge in [-0.1, -0.05) is 6.07 Å². The number of piperidine rings is 1. The summed E-state index contributed by atoms with van der Waals surface area (Å²) in [5, 5.41) is 0. The summed E-state index contributed by atoms with van der Waals surface area (Å²) in [6, 6.07) is 7.26. The summed E-state index contributed by atoms with van der Waals surface area (Å²) in [5.41, 5.74) is -0.368. The van der Waals surface area contributed by atoms with Gasteiger partial charge in [-0.15, -0.1) is 0 Å². The van der Waals surface area contributed by atoms with Crippen molar-refractivity contribution in [3.63, 3.8) is 0 Å². The van der Waals surface area contributed by atoms with E-state index in [9.17, 15) is 18.0 Å². The van der Waals surface area contributed by atoms with Crippen LogP contribution in [0.4, 0.5) is 19.0 Å². The zero-order valence-corrected chi connectivity index (χ0v) is 17.4. The first kappa shape index (κ1) is 21.3. The molecule has 2 atom stereocenters. The highest BCUT2D eigenvalue weighted by Gasteiger charge is 2.43. The van der Waals surface area contributed by atoms with Crippen molar-refractivity contribution in [3.05, 3.63) is 47.7 Å². The van der Waals surface area contributed by atoms with Gasteiger partial charge in [-0.3, -0.25) is 4.79 Å². The number of hydrogen-bond donors (Lipinski definition) is 0. The lowest BCUT2D eigenvalue weighted by Gasteiger charge is -2.39. The molecule has 0 aliphatic carbocycles. The summed E-state index contributed by atoms with van der Waals surface area (Å²) in [6.07, 6.45) is -1.59. The van der Waals surface area contributed by atoms with E-state index < -0.39 is 11.7 Å². The number of para-hydroxylation sites is 1. The summed E-state index contributed by atoms with van der Waals surface area (Å²) < 4.78 is 51.2. The number of alkyl halides is 3. The van der Waals surface area contributed by atoms with Crippen molar-refractivity contribution in [2.75, 3.05) is 38.8 Å². The zero-order chi connectivity index (χ0) is 22.2. The van der Waals surface area contributed by atoms with Crippen molar-refractivity contribution in [3.8, 4) is 11.5 Å². The Kier molecular flexibility index (Phi) is 5.68. The van der Waals surface area contributed by atoms with Crippen molar-refractivity contribution in [2.45, 2.75) is 25.1 Å². The van der Waals surface area contributed by atoms with E-state index in [1.807, 2.05) is 0 Å². The van der Waals surface area contributed by atoms with Crippen molar-refractivity contribution < 1.29 is 27.4 Å². The van der Waals surface area contributed by atoms with Crippen molar-refractivity contribution in [1.29, 1.82) is 0 Å². The Hall–Kier alpha value is -2.97. The van der Waals surface area contributed by atoms with E-state index in [4.69, 9.17) is 9.47 Å². The molecule has 9 heteroatoms. The van der Waals surface area contributed by atoms with Gasteiger partial charge in [0.05, 0.1) is 31.4 Å². The fourth-order valence-electron chi connectivity index (χ4n) is 4.67. The SMILES string of the molecule is COc1cccc(C(=O)N2CCC3CCN(c4ncccc4C(F)(F)F)CC32)c1OC. The van der Waals surface area contributed by atoms with Gasteiger partial charge in [-0.2, -0.15) is 13.2 Å². The number of ether oxygens (including phenoxy) is 2. The van der Waals surface area contributed by atoms with Gasteiger partial charge in [-0.05, 0) is 43.0 Å². The first-order valence-electron chi connectivity index (χ1n) is 10.1. The molecule has 1 aromatic heterocycles. The summed E-state index contributed by atoms with van der Waals surface area (Å²) in [7, 11) is 2.98. The largest absolute Gasteiger partial charge is 0.493 e. The Bertz CT molecular complexity index is 967. The summed E-state index contributed by atoms with van der Waals surface area (Å²) in [4.78, 5) is 20.8. The van der Waals surface area contributed by atoms with Crippen LogP contribution in [-0.4, -0.2) is 55.7 Å². The molecule has 2 fully saturated rings. The second kappa shape index (κ2) is 8.28. The quantitative estimate of drug-likeness (QED) is 0.730. The molecule has 2 aliphatic rings. The van der Waals surface area contributed by atoms with Crippen LogP contribution in [0.5, 0.6) is 11.5 Å². The average Bonchev–Trinajstić information content (AvgIpc) is 3.20. The number of carbonyl (C=O) groups excluding carboxylic acids is 1. The molecule has 2 saturated heterocycles. The number of amides is 1. The minimum absolute atomic E-state index is 0.0771. The number of nitrogens with zero attached hydrogens (tertiary/aromatic N) is 3. The number of benzene rings is 1. The molecule has 1 aromatic carbocycles. The van der Waals surface area contributed by atoms with Gasteiger partial charge in [0, 0.05) is 25.8 Å². The predicted molar refractivity (Wildman–Crippen MR) is 109 cm³/mol. The minimum Gasteiger partial charge on any atom is -0.493 e. The third kappa shape index (κ3) is 3.88. The summed E-state index contributed by atoms with van der Waals surface area (Å²) in [5.74, 6) is 0.775. The maximum absolute atomic E-state index is 13.5.